The zero-order valence-electron chi connectivity index (χ0n) is 9.77. The Bertz CT molecular complexity index is 660. The van der Waals surface area contributed by atoms with Crippen LogP contribution in [-0.2, 0) is 10.0 Å². The molecule has 2 rings (SSSR count). The fraction of sp³-hybridized carbons (Fsp3) is 0.182. The largest absolute Gasteiger partial charge is 0.360 e. The maximum Gasteiger partial charge on any atom is 0.267 e. The van der Waals surface area contributed by atoms with E-state index in [0.29, 0.717) is 11.4 Å². The number of sulfonamides is 1. The minimum Gasteiger partial charge on any atom is -0.360 e. The number of hydrogen-bond acceptors (Lipinski definition) is 4. The molecule has 0 spiro atoms. The quantitative estimate of drug-likeness (QED) is 0.834. The molecule has 0 radical (unpaired) electrons. The van der Waals surface area contributed by atoms with Crippen LogP contribution in [0.5, 0.6) is 0 Å². The average Bonchev–Trinajstić information content (AvgIpc) is 2.58. The van der Waals surface area contributed by atoms with Gasteiger partial charge >= 0.3 is 0 Å². The van der Waals surface area contributed by atoms with Crippen LogP contribution in [-0.4, -0.2) is 13.6 Å². The van der Waals surface area contributed by atoms with E-state index in [4.69, 9.17) is 4.52 Å². The second kappa shape index (κ2) is 4.88. The molecule has 5 nitrogen and oxygen atoms in total. The van der Waals surface area contributed by atoms with Crippen LogP contribution in [0.1, 0.15) is 11.5 Å². The van der Waals surface area contributed by atoms with Crippen LogP contribution in [0.15, 0.2) is 33.7 Å². The van der Waals surface area contributed by atoms with Crippen molar-refractivity contribution >= 4 is 38.3 Å². The normalized spacial score (nSPS) is 11.5. The highest BCUT2D eigenvalue weighted by Gasteiger charge is 2.24. The smallest absolute Gasteiger partial charge is 0.267 e. The first-order valence-corrected chi connectivity index (χ1v) is 7.67. The zero-order chi connectivity index (χ0) is 13.3. The van der Waals surface area contributed by atoms with Crippen LogP contribution in [0.3, 0.4) is 0 Å². The standard InChI is InChI=1S/C11H11IN2O3S/c1-7-11(8(2)17-13-7)18(15,16)14-10-5-3-4-9(12)6-10/h3-6,14H,1-2H3. The number of benzene rings is 1. The van der Waals surface area contributed by atoms with Gasteiger partial charge in [-0.3, -0.25) is 4.72 Å². The van der Waals surface area contributed by atoms with E-state index in [9.17, 15) is 8.42 Å². The van der Waals surface area contributed by atoms with E-state index >= 15 is 0 Å². The Labute approximate surface area is 119 Å². The summed E-state index contributed by atoms with van der Waals surface area (Å²) < 4.78 is 32.7. The third-order valence-corrected chi connectivity index (χ3v) is 4.61. The summed E-state index contributed by atoms with van der Waals surface area (Å²) in [5.74, 6) is 0.283. The Morgan fingerprint density at radius 1 is 1.33 bits per heavy atom. The van der Waals surface area contributed by atoms with Gasteiger partial charge in [0.2, 0.25) is 0 Å². The molecule has 0 saturated carbocycles. The van der Waals surface area contributed by atoms with Gasteiger partial charge in [-0.1, -0.05) is 11.2 Å². The molecule has 18 heavy (non-hydrogen) atoms. The van der Waals surface area contributed by atoms with Gasteiger partial charge in [0, 0.05) is 9.26 Å². The molecule has 0 amide bonds. The van der Waals surface area contributed by atoms with Crippen molar-refractivity contribution in [3.05, 3.63) is 39.3 Å². The van der Waals surface area contributed by atoms with Crippen LogP contribution in [0.25, 0.3) is 0 Å². The topological polar surface area (TPSA) is 72.2 Å². The Morgan fingerprint density at radius 3 is 2.61 bits per heavy atom. The lowest BCUT2D eigenvalue weighted by Crippen LogP contribution is -2.14. The molecule has 96 valence electrons. The van der Waals surface area contributed by atoms with Gasteiger partial charge in [0.1, 0.15) is 5.69 Å². The van der Waals surface area contributed by atoms with E-state index in [1.807, 2.05) is 6.07 Å². The number of hydrogen-bond donors (Lipinski definition) is 1. The molecule has 1 N–H and O–H groups in total. The molecule has 2 aromatic rings. The number of rotatable bonds is 3. The van der Waals surface area contributed by atoms with Gasteiger partial charge in [-0.15, -0.1) is 0 Å². The summed E-state index contributed by atoms with van der Waals surface area (Å²) in [7, 11) is -3.66. The SMILES string of the molecule is Cc1noc(C)c1S(=O)(=O)Nc1cccc(I)c1. The van der Waals surface area contributed by atoms with Gasteiger partial charge in [0.05, 0.1) is 0 Å². The first kappa shape index (κ1) is 13.3. The molecule has 7 heteroatoms. The Morgan fingerprint density at radius 2 is 2.06 bits per heavy atom. The summed E-state index contributed by atoms with van der Waals surface area (Å²) in [5.41, 5.74) is 0.868. The predicted molar refractivity (Wildman–Crippen MR) is 75.9 cm³/mol. The van der Waals surface area contributed by atoms with Crippen molar-refractivity contribution in [2.45, 2.75) is 18.7 Å². The molecular weight excluding hydrogens is 367 g/mol. The van der Waals surface area contributed by atoms with E-state index in [2.05, 4.69) is 32.5 Å². The van der Waals surface area contributed by atoms with Gasteiger partial charge in [-0.25, -0.2) is 8.42 Å². The van der Waals surface area contributed by atoms with E-state index in [-0.39, 0.29) is 10.7 Å². The molecular formula is C11H11IN2O3S. The molecule has 0 aliphatic carbocycles. The monoisotopic (exact) mass is 378 g/mol. The molecule has 0 fully saturated rings. The Kier molecular flexibility index (Phi) is 3.62. The number of anilines is 1. The van der Waals surface area contributed by atoms with Gasteiger partial charge in [0.25, 0.3) is 10.0 Å². The first-order chi connectivity index (χ1) is 8.40. The van der Waals surface area contributed by atoms with E-state index in [1.165, 1.54) is 0 Å². The van der Waals surface area contributed by atoms with Gasteiger partial charge in [-0.05, 0) is 54.6 Å². The molecule has 0 atom stereocenters. The lowest BCUT2D eigenvalue weighted by Gasteiger charge is -2.07. The summed E-state index contributed by atoms with van der Waals surface area (Å²) in [5, 5.41) is 3.65. The predicted octanol–water partition coefficient (Wildman–Crippen LogP) is 2.70. The van der Waals surface area contributed by atoms with E-state index in [1.54, 1.807) is 32.0 Å². The maximum atomic E-state index is 12.2. The van der Waals surface area contributed by atoms with Gasteiger partial charge in [0.15, 0.2) is 10.7 Å². The van der Waals surface area contributed by atoms with Crippen molar-refractivity contribution in [3.63, 3.8) is 0 Å². The first-order valence-electron chi connectivity index (χ1n) is 5.11. The minimum absolute atomic E-state index is 0.0985. The molecule has 0 saturated heterocycles. The summed E-state index contributed by atoms with van der Waals surface area (Å²) in [4.78, 5) is 0.0985. The summed E-state index contributed by atoms with van der Waals surface area (Å²) in [6, 6.07) is 7.11. The molecule has 0 bridgehead atoms. The molecule has 0 unspecified atom stereocenters. The van der Waals surface area contributed by atoms with Gasteiger partial charge in [-0.2, -0.15) is 0 Å². The average molecular weight is 378 g/mol. The fourth-order valence-electron chi connectivity index (χ4n) is 1.62. The molecule has 1 aromatic heterocycles. The Hall–Kier alpha value is -1.09. The van der Waals surface area contributed by atoms with Crippen LogP contribution >= 0.6 is 22.6 Å². The zero-order valence-corrected chi connectivity index (χ0v) is 12.7. The van der Waals surface area contributed by atoms with Gasteiger partial charge < -0.3 is 4.52 Å². The second-order valence-corrected chi connectivity index (χ2v) is 6.63. The summed E-state index contributed by atoms with van der Waals surface area (Å²) in [6.07, 6.45) is 0. The van der Waals surface area contributed by atoms with Crippen LogP contribution in [0, 0.1) is 17.4 Å². The summed E-state index contributed by atoms with van der Waals surface area (Å²) >= 11 is 2.12. The van der Waals surface area contributed by atoms with E-state index < -0.39 is 10.0 Å². The number of aryl methyl sites for hydroxylation is 2. The Balaban J connectivity index is 2.39. The fourth-order valence-corrected chi connectivity index (χ4v) is 3.54. The molecule has 1 heterocycles. The molecule has 0 aliphatic rings. The van der Waals surface area contributed by atoms with Crippen molar-refractivity contribution in [1.82, 2.24) is 5.16 Å². The third kappa shape index (κ3) is 2.66. The highest BCUT2D eigenvalue weighted by atomic mass is 127. The molecule has 1 aromatic carbocycles. The van der Waals surface area contributed by atoms with Crippen molar-refractivity contribution in [1.29, 1.82) is 0 Å². The van der Waals surface area contributed by atoms with Crippen molar-refractivity contribution in [2.75, 3.05) is 4.72 Å². The minimum atomic E-state index is -3.66. The number of aromatic nitrogens is 1. The lowest BCUT2D eigenvalue weighted by atomic mass is 10.3. The number of halogens is 1. The number of nitrogens with zero attached hydrogens (tertiary/aromatic N) is 1. The van der Waals surface area contributed by atoms with Crippen molar-refractivity contribution in [2.24, 2.45) is 0 Å². The lowest BCUT2D eigenvalue weighted by molar-refractivity contribution is 0.390. The van der Waals surface area contributed by atoms with Crippen LogP contribution in [0.4, 0.5) is 5.69 Å². The van der Waals surface area contributed by atoms with Crippen LogP contribution < -0.4 is 4.72 Å². The molecule has 0 aliphatic heterocycles. The van der Waals surface area contributed by atoms with Crippen LogP contribution in [0.2, 0.25) is 0 Å². The highest BCUT2D eigenvalue weighted by molar-refractivity contribution is 14.1. The van der Waals surface area contributed by atoms with Crippen molar-refractivity contribution < 1.29 is 12.9 Å². The van der Waals surface area contributed by atoms with E-state index in [0.717, 1.165) is 3.57 Å². The highest BCUT2D eigenvalue weighted by Crippen LogP contribution is 2.22. The maximum absolute atomic E-state index is 12.2. The number of nitrogens with one attached hydrogen (secondary N) is 1. The van der Waals surface area contributed by atoms with Crippen molar-refractivity contribution in [3.8, 4) is 0 Å². The second-order valence-electron chi connectivity index (χ2n) is 3.77. The third-order valence-electron chi connectivity index (χ3n) is 2.31. The summed E-state index contributed by atoms with van der Waals surface area (Å²) in [6.45, 7) is 3.17.